The van der Waals surface area contributed by atoms with Crippen molar-refractivity contribution >= 4 is 23.5 Å². The van der Waals surface area contributed by atoms with Gasteiger partial charge >= 0.3 is 0 Å². The summed E-state index contributed by atoms with van der Waals surface area (Å²) in [4.78, 5) is 18.7. The second-order valence-corrected chi connectivity index (χ2v) is 7.48. The third kappa shape index (κ3) is 5.26. The Morgan fingerprint density at radius 3 is 2.39 bits per heavy atom. The Balaban J connectivity index is 1.39. The normalized spacial score (nSPS) is 14.5. The van der Waals surface area contributed by atoms with Crippen LogP contribution in [0, 0.1) is 0 Å². The van der Waals surface area contributed by atoms with Gasteiger partial charge in [0, 0.05) is 38.1 Å². The van der Waals surface area contributed by atoms with E-state index >= 15 is 0 Å². The molecule has 0 radical (unpaired) electrons. The van der Waals surface area contributed by atoms with Crippen molar-refractivity contribution in [2.45, 2.75) is 38.9 Å². The second-order valence-electron chi connectivity index (χ2n) is 7.04. The summed E-state index contributed by atoms with van der Waals surface area (Å²) in [5.74, 6) is 0.930. The van der Waals surface area contributed by atoms with E-state index in [0.717, 1.165) is 36.1 Å². The van der Waals surface area contributed by atoms with Gasteiger partial charge in [0.25, 0.3) is 0 Å². The van der Waals surface area contributed by atoms with Crippen LogP contribution in [0.4, 0.5) is 0 Å². The van der Waals surface area contributed by atoms with Gasteiger partial charge in [-0.1, -0.05) is 48.0 Å². The van der Waals surface area contributed by atoms with E-state index in [9.17, 15) is 4.79 Å². The highest BCUT2D eigenvalue weighted by Crippen LogP contribution is 2.22. The summed E-state index contributed by atoms with van der Waals surface area (Å²) in [5.41, 5.74) is 3.65. The fraction of sp³-hybridized carbons (Fsp3) is 0.364. The molecule has 0 bridgehead atoms. The third-order valence-electron chi connectivity index (χ3n) is 5.00. The molecule has 2 aromatic rings. The van der Waals surface area contributed by atoms with E-state index in [2.05, 4.69) is 34.7 Å². The summed E-state index contributed by atoms with van der Waals surface area (Å²) in [6.07, 6.45) is 1.30. The number of fused-ring (bicyclic) bond motifs is 1. The maximum Gasteiger partial charge on any atom is 0.223 e. The first kappa shape index (κ1) is 20.2. The van der Waals surface area contributed by atoms with Crippen LogP contribution < -0.4 is 10.6 Å². The van der Waals surface area contributed by atoms with E-state index in [1.807, 2.05) is 41.3 Å². The molecule has 0 spiro atoms. The van der Waals surface area contributed by atoms with Gasteiger partial charge in [-0.25, -0.2) is 0 Å². The van der Waals surface area contributed by atoms with Gasteiger partial charge in [-0.3, -0.25) is 9.79 Å². The van der Waals surface area contributed by atoms with Crippen molar-refractivity contribution in [2.75, 3.05) is 13.6 Å². The molecule has 1 atom stereocenters. The molecule has 0 aliphatic carbocycles. The summed E-state index contributed by atoms with van der Waals surface area (Å²) >= 11 is 5.95. The zero-order chi connectivity index (χ0) is 19.9. The van der Waals surface area contributed by atoms with Gasteiger partial charge in [-0.05, 0) is 42.2 Å². The number of nitrogens with zero attached hydrogens (tertiary/aromatic N) is 2. The molecule has 3 rings (SSSR count). The van der Waals surface area contributed by atoms with Gasteiger partial charge in [0.1, 0.15) is 0 Å². The molecule has 1 unspecified atom stereocenters. The molecule has 0 aromatic heterocycles. The standard InChI is InChI=1S/C22H27ClN4O/c1-16(17-9-11-20(23)12-10-17)26-22(24-2)25-13-5-8-21(28)27-14-18-6-3-4-7-19(18)15-27/h3-4,6-7,9-12,16H,5,8,13-15H2,1-2H3,(H2,24,25,26). The lowest BCUT2D eigenvalue weighted by Crippen LogP contribution is -2.39. The number of amides is 1. The summed E-state index contributed by atoms with van der Waals surface area (Å²) in [5, 5.41) is 7.37. The van der Waals surface area contributed by atoms with Gasteiger partial charge < -0.3 is 15.5 Å². The van der Waals surface area contributed by atoms with Crippen LogP contribution in [0.25, 0.3) is 0 Å². The minimum absolute atomic E-state index is 0.105. The van der Waals surface area contributed by atoms with E-state index < -0.39 is 0 Å². The van der Waals surface area contributed by atoms with Gasteiger partial charge in [0.15, 0.2) is 5.96 Å². The van der Waals surface area contributed by atoms with Crippen molar-refractivity contribution in [3.8, 4) is 0 Å². The van der Waals surface area contributed by atoms with Crippen molar-refractivity contribution in [1.82, 2.24) is 15.5 Å². The van der Waals surface area contributed by atoms with Crippen LogP contribution in [0.3, 0.4) is 0 Å². The van der Waals surface area contributed by atoms with Crippen LogP contribution in [-0.4, -0.2) is 30.4 Å². The molecular weight excluding hydrogens is 372 g/mol. The quantitative estimate of drug-likeness (QED) is 0.441. The predicted molar refractivity (Wildman–Crippen MR) is 114 cm³/mol. The second kappa shape index (κ2) is 9.60. The number of hydrogen-bond donors (Lipinski definition) is 2. The highest BCUT2D eigenvalue weighted by atomic mass is 35.5. The van der Waals surface area contributed by atoms with E-state index in [4.69, 9.17) is 11.6 Å². The molecule has 1 heterocycles. The number of halogens is 1. The highest BCUT2D eigenvalue weighted by Gasteiger charge is 2.22. The molecule has 6 heteroatoms. The van der Waals surface area contributed by atoms with Crippen LogP contribution in [0.2, 0.25) is 5.02 Å². The maximum absolute atomic E-state index is 12.5. The lowest BCUT2D eigenvalue weighted by molar-refractivity contribution is -0.131. The van der Waals surface area contributed by atoms with E-state index in [-0.39, 0.29) is 11.9 Å². The molecule has 5 nitrogen and oxygen atoms in total. The molecule has 2 N–H and O–H groups in total. The number of guanidine groups is 1. The Labute approximate surface area is 171 Å². The fourth-order valence-corrected chi connectivity index (χ4v) is 3.47. The van der Waals surface area contributed by atoms with Crippen molar-refractivity contribution in [3.05, 3.63) is 70.2 Å². The van der Waals surface area contributed by atoms with E-state index in [1.165, 1.54) is 11.1 Å². The number of nitrogens with one attached hydrogen (secondary N) is 2. The Hall–Kier alpha value is -2.53. The number of benzene rings is 2. The summed E-state index contributed by atoms with van der Waals surface area (Å²) < 4.78 is 0. The molecule has 1 amide bonds. The molecule has 2 aromatic carbocycles. The van der Waals surface area contributed by atoms with Gasteiger partial charge in [-0.15, -0.1) is 0 Å². The zero-order valence-corrected chi connectivity index (χ0v) is 17.2. The first-order valence-electron chi connectivity index (χ1n) is 9.64. The topological polar surface area (TPSA) is 56.7 Å². The average molecular weight is 399 g/mol. The lowest BCUT2D eigenvalue weighted by Gasteiger charge is -2.19. The number of aliphatic imine (C=N–C) groups is 1. The Morgan fingerprint density at radius 1 is 1.14 bits per heavy atom. The minimum atomic E-state index is 0.105. The van der Waals surface area contributed by atoms with Crippen LogP contribution in [0.5, 0.6) is 0 Å². The smallest absolute Gasteiger partial charge is 0.223 e. The zero-order valence-electron chi connectivity index (χ0n) is 16.4. The monoisotopic (exact) mass is 398 g/mol. The molecule has 28 heavy (non-hydrogen) atoms. The van der Waals surface area contributed by atoms with Crippen LogP contribution >= 0.6 is 11.6 Å². The molecule has 1 aliphatic rings. The predicted octanol–water partition coefficient (Wildman–Crippen LogP) is 3.89. The minimum Gasteiger partial charge on any atom is -0.356 e. The molecule has 0 saturated carbocycles. The number of rotatable bonds is 6. The van der Waals surface area contributed by atoms with Gasteiger partial charge in [0.05, 0.1) is 6.04 Å². The van der Waals surface area contributed by atoms with Crippen molar-refractivity contribution < 1.29 is 4.79 Å². The van der Waals surface area contributed by atoms with Gasteiger partial charge in [-0.2, -0.15) is 0 Å². The van der Waals surface area contributed by atoms with E-state index in [1.54, 1.807) is 7.05 Å². The Kier molecular flexibility index (Phi) is 6.93. The molecule has 0 fully saturated rings. The van der Waals surface area contributed by atoms with E-state index in [0.29, 0.717) is 13.0 Å². The molecule has 0 saturated heterocycles. The number of carbonyl (C=O) groups is 1. The van der Waals surface area contributed by atoms with Crippen molar-refractivity contribution in [1.29, 1.82) is 0 Å². The highest BCUT2D eigenvalue weighted by molar-refractivity contribution is 6.30. The van der Waals surface area contributed by atoms with Crippen LogP contribution in [0.1, 0.15) is 42.5 Å². The lowest BCUT2D eigenvalue weighted by atomic mass is 10.1. The fourth-order valence-electron chi connectivity index (χ4n) is 3.35. The molecule has 1 aliphatic heterocycles. The largest absolute Gasteiger partial charge is 0.356 e. The Bertz CT molecular complexity index is 810. The maximum atomic E-state index is 12.5. The molecule has 148 valence electrons. The summed E-state index contributed by atoms with van der Waals surface area (Å²) in [6.45, 7) is 4.22. The molecular formula is C22H27ClN4O. The summed E-state index contributed by atoms with van der Waals surface area (Å²) in [6, 6.07) is 16.1. The Morgan fingerprint density at radius 2 is 1.79 bits per heavy atom. The number of carbonyl (C=O) groups excluding carboxylic acids is 1. The van der Waals surface area contributed by atoms with Gasteiger partial charge in [0.2, 0.25) is 5.91 Å². The van der Waals surface area contributed by atoms with Crippen molar-refractivity contribution in [2.24, 2.45) is 4.99 Å². The first-order valence-corrected chi connectivity index (χ1v) is 10.0. The van der Waals surface area contributed by atoms with Crippen LogP contribution in [-0.2, 0) is 17.9 Å². The van der Waals surface area contributed by atoms with Crippen molar-refractivity contribution in [3.63, 3.8) is 0 Å². The third-order valence-corrected chi connectivity index (χ3v) is 5.25. The van der Waals surface area contributed by atoms with Crippen LogP contribution in [0.15, 0.2) is 53.5 Å². The SMILES string of the molecule is CN=C(NCCCC(=O)N1Cc2ccccc2C1)NC(C)c1ccc(Cl)cc1. The average Bonchev–Trinajstić information content (AvgIpc) is 3.15. The first-order chi connectivity index (χ1) is 13.6. The number of hydrogen-bond acceptors (Lipinski definition) is 2. The summed E-state index contributed by atoms with van der Waals surface area (Å²) in [7, 11) is 1.75.